The Hall–Kier alpha value is -1.43. The monoisotopic (exact) mass is 241 g/mol. The smallest absolute Gasteiger partial charge is 0.313 e. The van der Waals surface area contributed by atoms with E-state index in [1.165, 1.54) is 0 Å². The van der Waals surface area contributed by atoms with Crippen LogP contribution >= 0.6 is 0 Å². The van der Waals surface area contributed by atoms with Crippen LogP contribution in [0.1, 0.15) is 51.0 Å². The number of aromatic nitrogens is 2. The number of aliphatic hydroxyl groups excluding tert-OH is 1. The van der Waals surface area contributed by atoms with Crippen LogP contribution in [-0.4, -0.2) is 25.9 Å². The van der Waals surface area contributed by atoms with Crippen LogP contribution in [0.3, 0.4) is 0 Å². The molecular formula is C11H19N3O3. The zero-order valence-corrected chi connectivity index (χ0v) is 10.8. The van der Waals surface area contributed by atoms with Gasteiger partial charge in [-0.1, -0.05) is 6.92 Å². The first kappa shape index (κ1) is 13.6. The summed E-state index contributed by atoms with van der Waals surface area (Å²) in [5.74, 6) is -0.320. The van der Waals surface area contributed by atoms with Gasteiger partial charge in [0.1, 0.15) is 11.4 Å². The van der Waals surface area contributed by atoms with Gasteiger partial charge in [-0.15, -0.1) is 0 Å². The van der Waals surface area contributed by atoms with Crippen LogP contribution in [0.4, 0.5) is 5.69 Å². The van der Waals surface area contributed by atoms with Crippen molar-refractivity contribution in [2.45, 2.75) is 52.7 Å². The van der Waals surface area contributed by atoms with Crippen LogP contribution in [0.2, 0.25) is 0 Å². The molecule has 2 atom stereocenters. The maximum atomic E-state index is 11.1. The molecule has 6 heteroatoms. The molecule has 0 radical (unpaired) electrons. The maximum absolute atomic E-state index is 11.1. The Labute approximate surface area is 100 Å². The first-order valence-corrected chi connectivity index (χ1v) is 5.68. The van der Waals surface area contributed by atoms with Crippen molar-refractivity contribution >= 4 is 5.69 Å². The molecule has 1 aromatic rings. The SMILES string of the molecule is Cc1nn(C(C)C)c(C(C)C(C)O)c1[N+](=O)[O-]. The van der Waals surface area contributed by atoms with Crippen LogP contribution in [-0.2, 0) is 0 Å². The molecule has 0 aliphatic rings. The Morgan fingerprint density at radius 2 is 1.88 bits per heavy atom. The minimum atomic E-state index is -0.651. The van der Waals surface area contributed by atoms with E-state index in [1.54, 1.807) is 25.5 Å². The molecule has 0 fully saturated rings. The van der Waals surface area contributed by atoms with Gasteiger partial charge in [-0.25, -0.2) is 0 Å². The largest absolute Gasteiger partial charge is 0.393 e. The average Bonchev–Trinajstić information content (AvgIpc) is 2.54. The molecule has 17 heavy (non-hydrogen) atoms. The molecule has 1 rings (SSSR count). The summed E-state index contributed by atoms with van der Waals surface area (Å²) in [5, 5.41) is 24.9. The molecule has 2 unspecified atom stereocenters. The van der Waals surface area contributed by atoms with Crippen LogP contribution in [0, 0.1) is 17.0 Å². The first-order valence-electron chi connectivity index (χ1n) is 5.68. The van der Waals surface area contributed by atoms with Gasteiger partial charge >= 0.3 is 5.69 Å². The number of nitro groups is 1. The molecule has 1 N–H and O–H groups in total. The number of aliphatic hydroxyl groups is 1. The highest BCUT2D eigenvalue weighted by Crippen LogP contribution is 2.33. The van der Waals surface area contributed by atoms with E-state index < -0.39 is 11.0 Å². The quantitative estimate of drug-likeness (QED) is 0.647. The molecule has 0 saturated heterocycles. The van der Waals surface area contributed by atoms with Crippen molar-refractivity contribution in [2.24, 2.45) is 0 Å². The van der Waals surface area contributed by atoms with Crippen molar-refractivity contribution < 1.29 is 10.0 Å². The van der Waals surface area contributed by atoms with E-state index in [-0.39, 0.29) is 17.6 Å². The molecule has 6 nitrogen and oxygen atoms in total. The third-order valence-corrected chi connectivity index (χ3v) is 2.92. The fourth-order valence-corrected chi connectivity index (χ4v) is 1.83. The summed E-state index contributed by atoms with van der Waals surface area (Å²) in [6.07, 6.45) is -0.651. The lowest BCUT2D eigenvalue weighted by molar-refractivity contribution is -0.386. The van der Waals surface area contributed by atoms with Gasteiger partial charge in [0.2, 0.25) is 0 Å². The third kappa shape index (κ3) is 2.46. The summed E-state index contributed by atoms with van der Waals surface area (Å²) in [4.78, 5) is 10.7. The van der Waals surface area contributed by atoms with Crippen LogP contribution in [0.5, 0.6) is 0 Å². The van der Waals surface area contributed by atoms with Gasteiger partial charge in [0.05, 0.1) is 11.0 Å². The molecular weight excluding hydrogens is 222 g/mol. The Kier molecular flexibility index (Phi) is 3.87. The number of aryl methyl sites for hydroxylation is 1. The Morgan fingerprint density at radius 1 is 1.35 bits per heavy atom. The number of rotatable bonds is 4. The molecule has 0 aliphatic heterocycles. The van der Waals surface area contributed by atoms with Crippen molar-refractivity contribution in [3.05, 3.63) is 21.5 Å². The summed E-state index contributed by atoms with van der Waals surface area (Å²) in [6.45, 7) is 8.84. The Bertz CT molecular complexity index is 424. The molecule has 96 valence electrons. The van der Waals surface area contributed by atoms with Crippen molar-refractivity contribution in [3.8, 4) is 0 Å². The summed E-state index contributed by atoms with van der Waals surface area (Å²) in [5.41, 5.74) is 0.913. The second-order valence-corrected chi connectivity index (χ2v) is 4.64. The topological polar surface area (TPSA) is 81.2 Å². The van der Waals surface area contributed by atoms with Gasteiger partial charge in [0.15, 0.2) is 0 Å². The highest BCUT2D eigenvalue weighted by atomic mass is 16.6. The summed E-state index contributed by atoms with van der Waals surface area (Å²) >= 11 is 0. The fraction of sp³-hybridized carbons (Fsp3) is 0.727. The number of hydrogen-bond acceptors (Lipinski definition) is 4. The molecule has 0 aliphatic carbocycles. The molecule has 0 spiro atoms. The summed E-state index contributed by atoms with van der Waals surface area (Å²) in [7, 11) is 0. The second-order valence-electron chi connectivity index (χ2n) is 4.64. The second kappa shape index (κ2) is 4.83. The Morgan fingerprint density at radius 3 is 2.24 bits per heavy atom. The van der Waals surface area contributed by atoms with Crippen molar-refractivity contribution in [1.29, 1.82) is 0 Å². The molecule has 1 aromatic heterocycles. The molecule has 0 bridgehead atoms. The Balaban J connectivity index is 3.45. The van der Waals surface area contributed by atoms with Gasteiger partial charge in [-0.3, -0.25) is 14.8 Å². The van der Waals surface area contributed by atoms with Gasteiger partial charge in [0.25, 0.3) is 0 Å². The highest BCUT2D eigenvalue weighted by molar-refractivity contribution is 5.43. The van der Waals surface area contributed by atoms with Gasteiger partial charge in [0, 0.05) is 12.0 Å². The third-order valence-electron chi connectivity index (χ3n) is 2.92. The van der Waals surface area contributed by atoms with E-state index in [0.717, 1.165) is 0 Å². The maximum Gasteiger partial charge on any atom is 0.313 e. The van der Waals surface area contributed by atoms with Crippen LogP contribution < -0.4 is 0 Å². The highest BCUT2D eigenvalue weighted by Gasteiger charge is 2.31. The van der Waals surface area contributed by atoms with Crippen molar-refractivity contribution in [3.63, 3.8) is 0 Å². The minimum Gasteiger partial charge on any atom is -0.393 e. The lowest BCUT2D eigenvalue weighted by Gasteiger charge is -2.17. The van der Waals surface area contributed by atoms with E-state index in [4.69, 9.17) is 0 Å². The van der Waals surface area contributed by atoms with Crippen LogP contribution in [0.15, 0.2) is 0 Å². The van der Waals surface area contributed by atoms with Gasteiger partial charge < -0.3 is 5.11 Å². The van der Waals surface area contributed by atoms with E-state index >= 15 is 0 Å². The minimum absolute atomic E-state index is 0.0205. The van der Waals surface area contributed by atoms with E-state index in [0.29, 0.717) is 11.4 Å². The molecule has 1 heterocycles. The first-order chi connectivity index (χ1) is 7.77. The molecule has 0 aromatic carbocycles. The van der Waals surface area contributed by atoms with E-state index in [2.05, 4.69) is 5.10 Å². The van der Waals surface area contributed by atoms with Crippen molar-refractivity contribution in [2.75, 3.05) is 0 Å². The predicted octanol–water partition coefficient (Wildman–Crippen LogP) is 2.16. The summed E-state index contributed by atoms with van der Waals surface area (Å²) < 4.78 is 1.63. The van der Waals surface area contributed by atoms with Gasteiger partial charge in [-0.05, 0) is 27.7 Å². The molecule has 0 saturated carbocycles. The standard InChI is InChI=1S/C11H19N3O3/c1-6(2)13-10(7(3)9(5)15)11(14(16)17)8(4)12-13/h6-7,9,15H,1-5H3. The van der Waals surface area contributed by atoms with Crippen molar-refractivity contribution in [1.82, 2.24) is 9.78 Å². The lowest BCUT2D eigenvalue weighted by atomic mass is 10.00. The number of hydrogen-bond donors (Lipinski definition) is 1. The fourth-order valence-electron chi connectivity index (χ4n) is 1.83. The normalized spacial score (nSPS) is 15.0. The number of nitrogens with zero attached hydrogens (tertiary/aromatic N) is 3. The average molecular weight is 241 g/mol. The zero-order valence-electron chi connectivity index (χ0n) is 10.8. The summed E-state index contributed by atoms with van der Waals surface area (Å²) in [6, 6.07) is 0.0265. The molecule has 0 amide bonds. The van der Waals surface area contributed by atoms with E-state index in [1.807, 2.05) is 13.8 Å². The lowest BCUT2D eigenvalue weighted by Crippen LogP contribution is -2.18. The van der Waals surface area contributed by atoms with E-state index in [9.17, 15) is 15.2 Å². The predicted molar refractivity (Wildman–Crippen MR) is 64.1 cm³/mol. The zero-order chi connectivity index (χ0) is 13.3. The van der Waals surface area contributed by atoms with Crippen LogP contribution in [0.25, 0.3) is 0 Å². The van der Waals surface area contributed by atoms with Gasteiger partial charge in [-0.2, -0.15) is 5.10 Å².